The Morgan fingerprint density at radius 2 is 1.68 bits per heavy atom. The van der Waals surface area contributed by atoms with E-state index in [-0.39, 0.29) is 6.42 Å². The number of likely N-dealkylation sites (N-methyl/N-ethyl adjacent to an activating group) is 1. The minimum atomic E-state index is -0.918. The quantitative estimate of drug-likeness (QED) is 0.762. The summed E-state index contributed by atoms with van der Waals surface area (Å²) < 4.78 is 0. The minimum Gasteiger partial charge on any atom is -0.481 e. The maximum absolute atomic E-state index is 10.9. The van der Waals surface area contributed by atoms with Crippen LogP contribution < -0.4 is 5.32 Å². The Hall–Kier alpha value is -1.39. The van der Waals surface area contributed by atoms with Gasteiger partial charge in [-0.2, -0.15) is 0 Å². The predicted octanol–water partition coefficient (Wildman–Crippen LogP) is 2.02. The third-order valence-corrected chi connectivity index (χ3v) is 3.87. The normalized spacial score (nSPS) is 14.2. The molecular weight excluding hydrogens is 242 g/mol. The molecule has 1 rings (SSSR count). The molecule has 1 aromatic carbocycles. The summed E-state index contributed by atoms with van der Waals surface area (Å²) in [6.45, 7) is 7.94. The van der Waals surface area contributed by atoms with Crippen LogP contribution in [0.3, 0.4) is 0 Å². The van der Waals surface area contributed by atoms with Crippen molar-refractivity contribution < 1.29 is 15.0 Å². The molecule has 19 heavy (non-hydrogen) atoms. The molecule has 0 heterocycles. The average Bonchev–Trinajstić information content (AvgIpc) is 2.33. The van der Waals surface area contributed by atoms with Gasteiger partial charge in [-0.25, -0.2) is 0 Å². The maximum Gasteiger partial charge on any atom is 0.305 e. The van der Waals surface area contributed by atoms with Crippen LogP contribution in [0.5, 0.6) is 0 Å². The van der Waals surface area contributed by atoms with Gasteiger partial charge in [-0.15, -0.1) is 0 Å². The summed E-state index contributed by atoms with van der Waals surface area (Å²) >= 11 is 0. The third-order valence-electron chi connectivity index (χ3n) is 3.87. The lowest BCUT2D eigenvalue weighted by Gasteiger charge is -2.26. The van der Waals surface area contributed by atoms with E-state index < -0.39 is 18.1 Å². The fourth-order valence-corrected chi connectivity index (χ4v) is 2.45. The Morgan fingerprint density at radius 1 is 1.21 bits per heavy atom. The van der Waals surface area contributed by atoms with Crippen LogP contribution in [-0.4, -0.2) is 29.3 Å². The van der Waals surface area contributed by atoms with Crippen molar-refractivity contribution in [1.29, 1.82) is 0 Å². The van der Waals surface area contributed by atoms with Crippen LogP contribution in [0.1, 0.15) is 40.3 Å². The van der Waals surface area contributed by atoms with Gasteiger partial charge in [0.05, 0.1) is 12.5 Å². The summed E-state index contributed by atoms with van der Waals surface area (Å²) in [5.74, 6) is -0.918. The van der Waals surface area contributed by atoms with E-state index >= 15 is 0 Å². The second kappa shape index (κ2) is 6.17. The molecule has 2 atom stereocenters. The molecule has 0 spiro atoms. The second-order valence-electron chi connectivity index (χ2n) is 5.11. The highest BCUT2D eigenvalue weighted by Crippen LogP contribution is 2.30. The zero-order valence-electron chi connectivity index (χ0n) is 12.2. The molecular formula is C15H23NO3. The van der Waals surface area contributed by atoms with E-state index in [1.165, 1.54) is 0 Å². The number of hydrogen-bond donors (Lipinski definition) is 3. The number of nitrogens with one attached hydrogen (secondary N) is 1. The molecule has 0 saturated carbocycles. The SMILES string of the molecule is CNC(CC(=O)O)C(O)c1c(C)c(C)cc(C)c1C. The fourth-order valence-electron chi connectivity index (χ4n) is 2.45. The number of aryl methyl sites for hydroxylation is 2. The van der Waals surface area contributed by atoms with E-state index in [0.717, 1.165) is 27.8 Å². The van der Waals surface area contributed by atoms with Crippen molar-refractivity contribution in [2.24, 2.45) is 0 Å². The van der Waals surface area contributed by atoms with Gasteiger partial charge >= 0.3 is 5.97 Å². The number of carbonyl (C=O) groups is 1. The molecule has 4 heteroatoms. The van der Waals surface area contributed by atoms with Gasteiger partial charge in [0.15, 0.2) is 0 Å². The molecule has 0 amide bonds. The standard InChI is InChI=1S/C15H23NO3/c1-8-6-9(2)11(4)14(10(8)3)15(19)12(16-5)7-13(17)18/h6,12,15-16,19H,7H2,1-5H3,(H,17,18). The molecule has 0 radical (unpaired) electrons. The number of aliphatic hydroxyl groups is 1. The van der Waals surface area contributed by atoms with Crippen molar-refractivity contribution in [3.63, 3.8) is 0 Å². The van der Waals surface area contributed by atoms with Gasteiger partial charge in [-0.1, -0.05) is 6.07 Å². The molecule has 0 saturated heterocycles. The first kappa shape index (κ1) is 15.7. The highest BCUT2D eigenvalue weighted by Gasteiger charge is 2.25. The Bertz CT molecular complexity index is 457. The number of aliphatic hydroxyl groups excluding tert-OH is 1. The van der Waals surface area contributed by atoms with Crippen molar-refractivity contribution in [3.05, 3.63) is 33.9 Å². The molecule has 0 aliphatic carbocycles. The lowest BCUT2D eigenvalue weighted by Crippen LogP contribution is -2.35. The number of carboxylic acid groups (broad SMARTS) is 1. The topological polar surface area (TPSA) is 69.6 Å². The Labute approximate surface area is 114 Å². The molecule has 2 unspecified atom stereocenters. The highest BCUT2D eigenvalue weighted by atomic mass is 16.4. The smallest absolute Gasteiger partial charge is 0.305 e. The first-order valence-corrected chi connectivity index (χ1v) is 6.44. The lowest BCUT2D eigenvalue weighted by atomic mass is 9.87. The van der Waals surface area contributed by atoms with Crippen LogP contribution in [0.15, 0.2) is 6.07 Å². The summed E-state index contributed by atoms with van der Waals surface area (Å²) in [6, 6.07) is 1.60. The van der Waals surface area contributed by atoms with Crippen molar-refractivity contribution in [1.82, 2.24) is 5.32 Å². The van der Waals surface area contributed by atoms with Gasteiger partial charge in [0.25, 0.3) is 0 Å². The van der Waals surface area contributed by atoms with Gasteiger partial charge in [0.1, 0.15) is 0 Å². The predicted molar refractivity (Wildman–Crippen MR) is 75.5 cm³/mol. The number of hydrogen-bond acceptors (Lipinski definition) is 3. The number of benzene rings is 1. The van der Waals surface area contributed by atoms with Crippen LogP contribution in [-0.2, 0) is 4.79 Å². The molecule has 1 aromatic rings. The van der Waals surface area contributed by atoms with E-state index in [9.17, 15) is 9.90 Å². The average molecular weight is 265 g/mol. The van der Waals surface area contributed by atoms with Gasteiger partial charge in [-0.05, 0) is 62.6 Å². The molecule has 0 aliphatic rings. The number of rotatable bonds is 5. The lowest BCUT2D eigenvalue weighted by molar-refractivity contribution is -0.138. The zero-order chi connectivity index (χ0) is 14.7. The molecule has 0 aliphatic heterocycles. The Morgan fingerprint density at radius 3 is 2.05 bits per heavy atom. The summed E-state index contributed by atoms with van der Waals surface area (Å²) in [4.78, 5) is 10.9. The van der Waals surface area contributed by atoms with Gasteiger partial charge in [0, 0.05) is 6.04 Å². The largest absolute Gasteiger partial charge is 0.481 e. The van der Waals surface area contributed by atoms with E-state index in [4.69, 9.17) is 5.11 Å². The molecule has 0 aromatic heterocycles. The van der Waals surface area contributed by atoms with Crippen molar-refractivity contribution in [3.8, 4) is 0 Å². The summed E-state index contributed by atoms with van der Waals surface area (Å²) in [5.41, 5.74) is 5.13. The Balaban J connectivity index is 3.24. The minimum absolute atomic E-state index is 0.108. The van der Waals surface area contributed by atoms with E-state index in [1.54, 1.807) is 7.05 Å². The second-order valence-corrected chi connectivity index (χ2v) is 5.11. The van der Waals surface area contributed by atoms with E-state index in [1.807, 2.05) is 27.7 Å². The van der Waals surface area contributed by atoms with Crippen LogP contribution in [0, 0.1) is 27.7 Å². The third kappa shape index (κ3) is 3.33. The first-order chi connectivity index (χ1) is 8.79. The Kier molecular flexibility index (Phi) is 5.09. The summed E-state index contributed by atoms with van der Waals surface area (Å²) in [5, 5.41) is 22.3. The van der Waals surface area contributed by atoms with Crippen molar-refractivity contribution >= 4 is 5.97 Å². The van der Waals surface area contributed by atoms with E-state index in [0.29, 0.717) is 0 Å². The molecule has 4 nitrogen and oxygen atoms in total. The van der Waals surface area contributed by atoms with Gasteiger partial charge in [-0.3, -0.25) is 4.79 Å². The van der Waals surface area contributed by atoms with Crippen molar-refractivity contribution in [2.45, 2.75) is 46.3 Å². The molecule has 3 N–H and O–H groups in total. The van der Waals surface area contributed by atoms with Gasteiger partial charge < -0.3 is 15.5 Å². The summed E-state index contributed by atoms with van der Waals surface area (Å²) in [6.07, 6.45) is -0.927. The molecule has 106 valence electrons. The van der Waals surface area contributed by atoms with Gasteiger partial charge in [0.2, 0.25) is 0 Å². The number of carboxylic acids is 1. The van der Waals surface area contributed by atoms with Crippen LogP contribution in [0.2, 0.25) is 0 Å². The van der Waals surface area contributed by atoms with Crippen LogP contribution in [0.25, 0.3) is 0 Å². The maximum atomic E-state index is 10.9. The van der Waals surface area contributed by atoms with Crippen LogP contribution >= 0.6 is 0 Å². The first-order valence-electron chi connectivity index (χ1n) is 6.44. The zero-order valence-corrected chi connectivity index (χ0v) is 12.2. The molecule has 0 bridgehead atoms. The van der Waals surface area contributed by atoms with E-state index in [2.05, 4.69) is 11.4 Å². The van der Waals surface area contributed by atoms with Crippen molar-refractivity contribution in [2.75, 3.05) is 7.05 Å². The fraction of sp³-hybridized carbons (Fsp3) is 0.533. The summed E-state index contributed by atoms with van der Waals surface area (Å²) in [7, 11) is 1.67. The van der Waals surface area contributed by atoms with Crippen LogP contribution in [0.4, 0.5) is 0 Å². The number of aliphatic carboxylic acids is 1. The highest BCUT2D eigenvalue weighted by molar-refractivity contribution is 5.67. The monoisotopic (exact) mass is 265 g/mol. The molecule has 0 fully saturated rings.